The fourth-order valence-corrected chi connectivity index (χ4v) is 4.44. The van der Waals surface area contributed by atoms with Gasteiger partial charge in [-0.05, 0) is 29.5 Å². The van der Waals surface area contributed by atoms with Gasteiger partial charge in [0.25, 0.3) is 5.91 Å². The number of carbonyl (C=O) groups is 1. The summed E-state index contributed by atoms with van der Waals surface area (Å²) in [4.78, 5) is 28.8. The van der Waals surface area contributed by atoms with Gasteiger partial charge in [-0.3, -0.25) is 9.69 Å². The Hall–Kier alpha value is -2.16. The highest BCUT2D eigenvalue weighted by atomic mass is 32.1. The molecule has 1 aliphatic heterocycles. The number of aromatic nitrogens is 3. The average molecular weight is 371 g/mol. The lowest BCUT2D eigenvalue weighted by atomic mass is 10.1. The largest absolute Gasteiger partial charge is 0.349 e. The third-order valence-corrected chi connectivity index (χ3v) is 5.96. The highest BCUT2D eigenvalue weighted by Gasteiger charge is 2.17. The maximum Gasteiger partial charge on any atom is 0.270 e. The van der Waals surface area contributed by atoms with Gasteiger partial charge >= 0.3 is 0 Å². The molecular weight excluding hydrogens is 354 g/mol. The second-order valence-corrected chi connectivity index (χ2v) is 7.62. The molecule has 8 heteroatoms. The minimum Gasteiger partial charge on any atom is -0.349 e. The number of nitrogens with one attached hydrogen (secondary N) is 1. The van der Waals surface area contributed by atoms with E-state index in [1.807, 2.05) is 11.3 Å². The zero-order valence-electron chi connectivity index (χ0n) is 13.5. The molecule has 25 heavy (non-hydrogen) atoms. The number of carbonyl (C=O) groups excluding carboxylic acids is 1. The number of fused-ring (bicyclic) bond motifs is 1. The number of hydrogen-bond donors (Lipinski definition) is 1. The predicted molar refractivity (Wildman–Crippen MR) is 98.8 cm³/mol. The topological polar surface area (TPSA) is 71.0 Å². The molecule has 0 saturated carbocycles. The Morgan fingerprint density at radius 2 is 2.16 bits per heavy atom. The van der Waals surface area contributed by atoms with Crippen molar-refractivity contribution < 1.29 is 4.79 Å². The van der Waals surface area contributed by atoms with Gasteiger partial charge in [-0.2, -0.15) is 0 Å². The van der Waals surface area contributed by atoms with Crippen LogP contribution in [0, 0.1) is 0 Å². The first kappa shape index (κ1) is 16.3. The van der Waals surface area contributed by atoms with E-state index in [4.69, 9.17) is 0 Å². The first-order chi connectivity index (χ1) is 12.3. The van der Waals surface area contributed by atoms with E-state index >= 15 is 0 Å². The minimum atomic E-state index is -0.147. The molecule has 0 saturated heterocycles. The summed E-state index contributed by atoms with van der Waals surface area (Å²) in [5.74, 6) is 0.401. The summed E-state index contributed by atoms with van der Waals surface area (Å²) in [6.45, 7) is 3.49. The molecule has 1 N–H and O–H groups in total. The van der Waals surface area contributed by atoms with Crippen LogP contribution in [0.25, 0.3) is 10.8 Å². The first-order valence-electron chi connectivity index (χ1n) is 8.08. The molecule has 0 radical (unpaired) electrons. The maximum absolute atomic E-state index is 12.3. The quantitative estimate of drug-likeness (QED) is 0.746. The average Bonchev–Trinajstić information content (AvgIpc) is 3.31. The molecule has 128 valence electrons. The molecule has 3 aromatic heterocycles. The standard InChI is InChI=1S/C17H17N5OS2/c23-16(13-11-25-17(21-13)15-18-4-1-5-19-15)20-6-8-22-7-2-14-12(10-22)3-9-24-14/h1,3-5,9,11H,2,6-8,10H2,(H,20,23). The van der Waals surface area contributed by atoms with Crippen molar-refractivity contribution in [2.45, 2.75) is 13.0 Å². The van der Waals surface area contributed by atoms with Gasteiger partial charge in [0.2, 0.25) is 0 Å². The maximum atomic E-state index is 12.3. The van der Waals surface area contributed by atoms with Gasteiger partial charge < -0.3 is 5.32 Å². The Labute approximate surface area is 153 Å². The highest BCUT2D eigenvalue weighted by molar-refractivity contribution is 7.13. The zero-order valence-corrected chi connectivity index (χ0v) is 15.1. The van der Waals surface area contributed by atoms with Gasteiger partial charge in [-0.15, -0.1) is 22.7 Å². The van der Waals surface area contributed by atoms with E-state index < -0.39 is 0 Å². The molecule has 0 spiro atoms. The molecular formula is C17H17N5OS2. The summed E-state index contributed by atoms with van der Waals surface area (Å²) in [5.41, 5.74) is 1.85. The third-order valence-electron chi connectivity index (χ3n) is 4.09. The lowest BCUT2D eigenvalue weighted by Crippen LogP contribution is -2.37. The number of hydrogen-bond acceptors (Lipinski definition) is 7. The van der Waals surface area contributed by atoms with E-state index in [2.05, 4.69) is 36.6 Å². The van der Waals surface area contributed by atoms with Gasteiger partial charge in [0.05, 0.1) is 0 Å². The van der Waals surface area contributed by atoms with Crippen molar-refractivity contribution in [2.24, 2.45) is 0 Å². The van der Waals surface area contributed by atoms with Crippen LogP contribution >= 0.6 is 22.7 Å². The van der Waals surface area contributed by atoms with Gasteiger partial charge in [0.1, 0.15) is 5.69 Å². The SMILES string of the molecule is O=C(NCCN1CCc2sccc2C1)c1csc(-c2ncccn2)n1. The summed E-state index contributed by atoms with van der Waals surface area (Å²) < 4.78 is 0. The van der Waals surface area contributed by atoms with Crippen molar-refractivity contribution in [3.63, 3.8) is 0 Å². The second-order valence-electron chi connectivity index (χ2n) is 5.76. The van der Waals surface area contributed by atoms with Gasteiger partial charge in [0, 0.05) is 48.8 Å². The molecule has 3 aromatic rings. The van der Waals surface area contributed by atoms with Crippen LogP contribution in [-0.4, -0.2) is 45.4 Å². The fourth-order valence-electron chi connectivity index (χ4n) is 2.81. The normalized spacial score (nSPS) is 14.2. The van der Waals surface area contributed by atoms with Crippen molar-refractivity contribution in [1.82, 2.24) is 25.2 Å². The Kier molecular flexibility index (Phi) is 4.82. The molecule has 0 aromatic carbocycles. The number of thiazole rings is 1. The Bertz CT molecular complexity index is 861. The lowest BCUT2D eigenvalue weighted by Gasteiger charge is -2.26. The van der Waals surface area contributed by atoms with E-state index in [9.17, 15) is 4.79 Å². The Balaban J connectivity index is 1.29. The fraction of sp³-hybridized carbons (Fsp3) is 0.294. The van der Waals surface area contributed by atoms with Crippen LogP contribution in [0.2, 0.25) is 0 Å². The monoisotopic (exact) mass is 371 g/mol. The van der Waals surface area contributed by atoms with Crippen molar-refractivity contribution in [3.8, 4) is 10.8 Å². The van der Waals surface area contributed by atoms with Crippen molar-refractivity contribution in [3.05, 3.63) is 51.4 Å². The number of amides is 1. The van der Waals surface area contributed by atoms with Crippen LogP contribution in [0.4, 0.5) is 0 Å². The highest BCUT2D eigenvalue weighted by Crippen LogP contribution is 2.23. The van der Waals surface area contributed by atoms with E-state index in [1.54, 1.807) is 23.8 Å². The predicted octanol–water partition coefficient (Wildman–Crippen LogP) is 2.45. The number of rotatable bonds is 5. The van der Waals surface area contributed by atoms with Crippen molar-refractivity contribution in [1.29, 1.82) is 0 Å². The van der Waals surface area contributed by atoms with Crippen molar-refractivity contribution >= 4 is 28.6 Å². The zero-order chi connectivity index (χ0) is 17.1. The summed E-state index contributed by atoms with van der Waals surface area (Å²) in [6.07, 6.45) is 4.44. The number of nitrogens with zero attached hydrogens (tertiary/aromatic N) is 4. The molecule has 4 heterocycles. The molecule has 4 rings (SSSR count). The van der Waals surface area contributed by atoms with E-state index in [-0.39, 0.29) is 5.91 Å². The molecule has 0 atom stereocenters. The van der Waals surface area contributed by atoms with Crippen LogP contribution in [0.1, 0.15) is 20.9 Å². The van der Waals surface area contributed by atoms with Crippen LogP contribution in [0.5, 0.6) is 0 Å². The Morgan fingerprint density at radius 1 is 1.28 bits per heavy atom. The van der Waals surface area contributed by atoms with Crippen LogP contribution in [-0.2, 0) is 13.0 Å². The third kappa shape index (κ3) is 3.76. The molecule has 0 fully saturated rings. The minimum absolute atomic E-state index is 0.147. The van der Waals surface area contributed by atoms with Crippen LogP contribution in [0.3, 0.4) is 0 Å². The molecule has 0 aliphatic carbocycles. The smallest absolute Gasteiger partial charge is 0.270 e. The van der Waals surface area contributed by atoms with E-state index in [1.165, 1.54) is 21.8 Å². The summed E-state index contributed by atoms with van der Waals surface area (Å²) in [7, 11) is 0. The second kappa shape index (κ2) is 7.38. The first-order valence-corrected chi connectivity index (χ1v) is 9.84. The van der Waals surface area contributed by atoms with Gasteiger partial charge in [0.15, 0.2) is 10.8 Å². The summed E-state index contributed by atoms with van der Waals surface area (Å²) in [5, 5.41) is 7.52. The van der Waals surface area contributed by atoms with E-state index in [0.717, 1.165) is 26.1 Å². The number of thiophene rings is 1. The van der Waals surface area contributed by atoms with Gasteiger partial charge in [-0.25, -0.2) is 15.0 Å². The molecule has 0 bridgehead atoms. The van der Waals surface area contributed by atoms with Crippen molar-refractivity contribution in [2.75, 3.05) is 19.6 Å². The van der Waals surface area contributed by atoms with Gasteiger partial charge in [-0.1, -0.05) is 0 Å². The molecule has 1 amide bonds. The van der Waals surface area contributed by atoms with E-state index in [0.29, 0.717) is 23.1 Å². The Morgan fingerprint density at radius 3 is 3.04 bits per heavy atom. The summed E-state index contributed by atoms with van der Waals surface area (Å²) in [6, 6.07) is 3.96. The van der Waals surface area contributed by atoms with Crippen LogP contribution in [0.15, 0.2) is 35.3 Å². The molecule has 6 nitrogen and oxygen atoms in total. The lowest BCUT2D eigenvalue weighted by molar-refractivity contribution is 0.0943. The van der Waals surface area contributed by atoms with Crippen LogP contribution < -0.4 is 5.32 Å². The molecule has 1 aliphatic rings. The summed E-state index contributed by atoms with van der Waals surface area (Å²) >= 11 is 3.22. The molecule has 0 unspecified atom stereocenters.